The Hall–Kier alpha value is -3.67. The van der Waals surface area contributed by atoms with Gasteiger partial charge in [-0.25, -0.2) is 9.78 Å². The van der Waals surface area contributed by atoms with Crippen molar-refractivity contribution in [2.45, 2.75) is 40.5 Å². The number of ether oxygens (including phenoxy) is 1. The van der Waals surface area contributed by atoms with Gasteiger partial charge in [0.05, 0.1) is 16.8 Å². The number of fused-ring (bicyclic) bond motifs is 2. The monoisotopic (exact) mass is 486 g/mol. The molecule has 0 unspecified atom stereocenters. The second kappa shape index (κ2) is 10.9. The van der Waals surface area contributed by atoms with Crippen molar-refractivity contribution < 1.29 is 19.4 Å². The van der Waals surface area contributed by atoms with Crippen LogP contribution in [0, 0.1) is 11.8 Å². The van der Waals surface area contributed by atoms with Crippen LogP contribution in [0.4, 0.5) is 0 Å². The highest BCUT2D eigenvalue weighted by Crippen LogP contribution is 2.38. The van der Waals surface area contributed by atoms with E-state index in [1.165, 1.54) is 0 Å². The molecule has 4 rings (SSSR count). The second-order valence-corrected chi connectivity index (χ2v) is 10.3. The first kappa shape index (κ1) is 25.4. The molecule has 0 saturated carbocycles. The van der Waals surface area contributed by atoms with E-state index in [4.69, 9.17) is 9.72 Å². The molecule has 1 aliphatic rings. The maximum atomic E-state index is 13.4. The third-order valence-corrected chi connectivity index (χ3v) is 6.23. The van der Waals surface area contributed by atoms with Crippen LogP contribution in [0.25, 0.3) is 22.6 Å². The number of allylic oxidation sites excluding steroid dienone is 1. The largest absolute Gasteiger partial charge is 0.508 e. The van der Waals surface area contributed by atoms with E-state index in [9.17, 15) is 14.7 Å². The molecular weight excluding hydrogens is 452 g/mol. The van der Waals surface area contributed by atoms with Gasteiger partial charge < -0.3 is 14.7 Å². The van der Waals surface area contributed by atoms with Gasteiger partial charge >= 0.3 is 5.97 Å². The van der Waals surface area contributed by atoms with Gasteiger partial charge in [-0.3, -0.25) is 4.79 Å². The zero-order valence-corrected chi connectivity index (χ0v) is 21.5. The Kier molecular flexibility index (Phi) is 7.73. The fraction of sp³-hybridized carbons (Fsp3) is 0.367. The highest BCUT2D eigenvalue weighted by Gasteiger charge is 2.28. The first-order valence-corrected chi connectivity index (χ1v) is 12.6. The van der Waals surface area contributed by atoms with E-state index in [0.29, 0.717) is 42.4 Å². The first-order chi connectivity index (χ1) is 17.2. The van der Waals surface area contributed by atoms with E-state index in [0.717, 1.165) is 34.2 Å². The molecule has 6 heteroatoms. The van der Waals surface area contributed by atoms with Gasteiger partial charge in [0.15, 0.2) is 6.61 Å². The Morgan fingerprint density at radius 2 is 1.67 bits per heavy atom. The Morgan fingerprint density at radius 1 is 1.00 bits per heavy atom. The van der Waals surface area contributed by atoms with Gasteiger partial charge in [0, 0.05) is 18.5 Å². The topological polar surface area (TPSA) is 79.7 Å². The summed E-state index contributed by atoms with van der Waals surface area (Å²) in [4.78, 5) is 33.0. The van der Waals surface area contributed by atoms with Crippen molar-refractivity contribution in [3.05, 3.63) is 70.9 Å². The molecular formula is C30H34N2O4. The van der Waals surface area contributed by atoms with Gasteiger partial charge in [-0.1, -0.05) is 58.0 Å². The molecule has 1 amide bonds. The number of rotatable bonds is 8. The second-order valence-electron chi connectivity index (χ2n) is 10.3. The fourth-order valence-corrected chi connectivity index (χ4v) is 4.73. The number of nitrogens with zero attached hydrogens (tertiary/aromatic N) is 2. The zero-order valence-electron chi connectivity index (χ0n) is 21.5. The number of hydrogen-bond donors (Lipinski definition) is 1. The minimum Gasteiger partial charge on any atom is -0.508 e. The van der Waals surface area contributed by atoms with Crippen molar-refractivity contribution in [3.63, 3.8) is 0 Å². The molecule has 1 heterocycles. The normalized spacial score (nSPS) is 14.0. The Balaban J connectivity index is 1.64. The summed E-state index contributed by atoms with van der Waals surface area (Å²) >= 11 is 0. The standard InChI is InChI=1S/C30H34N2O4/c1-19(2)16-32(17-20(3)4)27(34)18-36-30(35)28-24-7-5-6-8-26(24)31-29-22(11-14-25(28)29)15-21-9-12-23(33)13-10-21/h5-10,12-13,15,19-20,33H,11,14,16-18H2,1-4H3/b22-15+. The van der Waals surface area contributed by atoms with Crippen LogP contribution < -0.4 is 0 Å². The van der Waals surface area contributed by atoms with Gasteiger partial charge in [-0.2, -0.15) is 0 Å². The first-order valence-electron chi connectivity index (χ1n) is 12.6. The third kappa shape index (κ3) is 5.76. The minimum atomic E-state index is -0.488. The Labute approximate surface area is 212 Å². The third-order valence-electron chi connectivity index (χ3n) is 6.23. The number of phenolic OH excluding ortho intramolecular Hbond substituents is 1. The lowest BCUT2D eigenvalue weighted by atomic mass is 10.0. The summed E-state index contributed by atoms with van der Waals surface area (Å²) in [5, 5.41) is 10.3. The molecule has 1 aliphatic carbocycles. The highest BCUT2D eigenvalue weighted by molar-refractivity contribution is 6.07. The van der Waals surface area contributed by atoms with Crippen molar-refractivity contribution in [1.29, 1.82) is 0 Å². The molecule has 3 aromatic rings. The van der Waals surface area contributed by atoms with E-state index in [2.05, 4.69) is 27.7 Å². The summed E-state index contributed by atoms with van der Waals surface area (Å²) in [6.45, 7) is 9.27. The predicted octanol–water partition coefficient (Wildman–Crippen LogP) is 5.72. The lowest BCUT2D eigenvalue weighted by Gasteiger charge is -2.26. The number of amides is 1. The average Bonchev–Trinajstić information content (AvgIpc) is 3.23. The Morgan fingerprint density at radius 3 is 2.33 bits per heavy atom. The molecule has 0 saturated heterocycles. The number of aromatic hydroxyl groups is 1. The fourth-order valence-electron chi connectivity index (χ4n) is 4.73. The number of esters is 1. The van der Waals surface area contributed by atoms with E-state index in [1.807, 2.05) is 42.5 Å². The van der Waals surface area contributed by atoms with Gasteiger partial charge in [0.2, 0.25) is 0 Å². The summed E-state index contributed by atoms with van der Waals surface area (Å²) in [6.07, 6.45) is 3.46. The summed E-state index contributed by atoms with van der Waals surface area (Å²) < 4.78 is 5.63. The molecule has 0 atom stereocenters. The molecule has 1 N–H and O–H groups in total. The number of phenols is 1. The van der Waals surface area contributed by atoms with E-state index < -0.39 is 5.97 Å². The highest BCUT2D eigenvalue weighted by atomic mass is 16.5. The van der Waals surface area contributed by atoms with Crippen molar-refractivity contribution in [2.24, 2.45) is 11.8 Å². The number of hydrogen-bond acceptors (Lipinski definition) is 5. The van der Waals surface area contributed by atoms with Crippen LogP contribution in [0.2, 0.25) is 0 Å². The van der Waals surface area contributed by atoms with Crippen LogP contribution in [0.15, 0.2) is 48.5 Å². The predicted molar refractivity (Wildman–Crippen MR) is 143 cm³/mol. The molecule has 0 spiro atoms. The molecule has 0 radical (unpaired) electrons. The van der Waals surface area contributed by atoms with Gasteiger partial charge in [0.25, 0.3) is 5.91 Å². The number of pyridine rings is 1. The van der Waals surface area contributed by atoms with Crippen molar-refractivity contribution >= 4 is 34.4 Å². The van der Waals surface area contributed by atoms with Crippen LogP contribution in [-0.2, 0) is 16.0 Å². The SMILES string of the molecule is CC(C)CN(CC(C)C)C(=O)COC(=O)c1c2c(nc3ccccc13)/C(=C/c1ccc(O)cc1)CC2. The summed E-state index contributed by atoms with van der Waals surface area (Å²) in [5.74, 6) is 0.212. The zero-order chi connectivity index (χ0) is 25.8. The van der Waals surface area contributed by atoms with Gasteiger partial charge in [-0.15, -0.1) is 0 Å². The molecule has 36 heavy (non-hydrogen) atoms. The van der Waals surface area contributed by atoms with Crippen LogP contribution in [0.5, 0.6) is 5.75 Å². The molecule has 0 aliphatic heterocycles. The van der Waals surface area contributed by atoms with Crippen LogP contribution in [0.3, 0.4) is 0 Å². The van der Waals surface area contributed by atoms with Gasteiger partial charge in [0.1, 0.15) is 5.75 Å². The van der Waals surface area contributed by atoms with Crippen molar-refractivity contribution in [1.82, 2.24) is 9.88 Å². The minimum absolute atomic E-state index is 0.173. The summed E-state index contributed by atoms with van der Waals surface area (Å²) in [5.41, 5.74) is 4.85. The molecule has 2 aromatic carbocycles. The van der Waals surface area contributed by atoms with E-state index in [-0.39, 0.29) is 18.3 Å². The lowest BCUT2D eigenvalue weighted by molar-refractivity contribution is -0.135. The number of aromatic nitrogens is 1. The van der Waals surface area contributed by atoms with Crippen LogP contribution >= 0.6 is 0 Å². The Bertz CT molecular complexity index is 1280. The number of carbonyl (C=O) groups excluding carboxylic acids is 2. The quantitative estimate of drug-likeness (QED) is 0.412. The summed E-state index contributed by atoms with van der Waals surface area (Å²) in [7, 11) is 0. The van der Waals surface area contributed by atoms with Gasteiger partial charge in [-0.05, 0) is 65.7 Å². The maximum absolute atomic E-state index is 13.4. The number of carbonyl (C=O) groups is 2. The molecule has 0 fully saturated rings. The average molecular weight is 487 g/mol. The molecule has 6 nitrogen and oxygen atoms in total. The lowest BCUT2D eigenvalue weighted by Crippen LogP contribution is -2.39. The van der Waals surface area contributed by atoms with E-state index >= 15 is 0 Å². The molecule has 0 bridgehead atoms. The molecule has 188 valence electrons. The number of benzene rings is 2. The maximum Gasteiger partial charge on any atom is 0.339 e. The van der Waals surface area contributed by atoms with Crippen molar-refractivity contribution in [3.8, 4) is 5.75 Å². The number of para-hydroxylation sites is 1. The molecule has 1 aromatic heterocycles. The van der Waals surface area contributed by atoms with Crippen molar-refractivity contribution in [2.75, 3.05) is 19.7 Å². The van der Waals surface area contributed by atoms with Crippen LogP contribution in [0.1, 0.15) is 61.3 Å². The van der Waals surface area contributed by atoms with Crippen LogP contribution in [-0.4, -0.2) is 46.6 Å². The summed E-state index contributed by atoms with van der Waals surface area (Å²) in [6, 6.07) is 14.6. The smallest absolute Gasteiger partial charge is 0.339 e. The van der Waals surface area contributed by atoms with E-state index in [1.54, 1.807) is 17.0 Å².